The monoisotopic (exact) mass is 316 g/mol. The first-order chi connectivity index (χ1) is 10.1. The van der Waals surface area contributed by atoms with Crippen LogP contribution in [-0.2, 0) is 0 Å². The first-order valence-corrected chi connectivity index (χ1v) is 8.57. The SMILES string of the molecule is CSc1c(-c2ccc(Cl)cc2)oc2ccc(C(C)C)cc12. The van der Waals surface area contributed by atoms with Gasteiger partial charge in [-0.25, -0.2) is 0 Å². The van der Waals surface area contributed by atoms with E-state index in [0.717, 1.165) is 21.9 Å². The summed E-state index contributed by atoms with van der Waals surface area (Å²) in [6.45, 7) is 4.42. The van der Waals surface area contributed by atoms with Crippen molar-refractivity contribution in [1.82, 2.24) is 0 Å². The molecule has 3 heteroatoms. The van der Waals surface area contributed by atoms with Crippen molar-refractivity contribution in [2.45, 2.75) is 24.7 Å². The predicted molar refractivity (Wildman–Crippen MR) is 92.5 cm³/mol. The van der Waals surface area contributed by atoms with Gasteiger partial charge in [0.1, 0.15) is 11.3 Å². The van der Waals surface area contributed by atoms with E-state index in [1.54, 1.807) is 11.8 Å². The molecule has 0 amide bonds. The largest absolute Gasteiger partial charge is 0.455 e. The van der Waals surface area contributed by atoms with E-state index in [9.17, 15) is 0 Å². The minimum absolute atomic E-state index is 0.512. The van der Waals surface area contributed by atoms with Gasteiger partial charge in [-0.2, -0.15) is 0 Å². The summed E-state index contributed by atoms with van der Waals surface area (Å²) in [7, 11) is 0. The molecule has 3 rings (SSSR count). The summed E-state index contributed by atoms with van der Waals surface area (Å²) in [4.78, 5) is 1.19. The van der Waals surface area contributed by atoms with Gasteiger partial charge in [0.05, 0.1) is 4.90 Å². The lowest BCUT2D eigenvalue weighted by Gasteiger charge is -2.04. The lowest BCUT2D eigenvalue weighted by Crippen LogP contribution is -1.85. The molecule has 3 aromatic rings. The van der Waals surface area contributed by atoms with Gasteiger partial charge < -0.3 is 4.42 Å². The van der Waals surface area contributed by atoms with Gasteiger partial charge in [0.15, 0.2) is 0 Å². The molecular weight excluding hydrogens is 300 g/mol. The maximum Gasteiger partial charge on any atom is 0.148 e. The Morgan fingerprint density at radius 1 is 1.05 bits per heavy atom. The molecule has 1 heterocycles. The Bertz CT molecular complexity index is 772. The molecule has 0 aliphatic heterocycles. The maximum absolute atomic E-state index is 6.09. The molecule has 2 aromatic carbocycles. The van der Waals surface area contributed by atoms with Crippen molar-refractivity contribution < 1.29 is 4.42 Å². The van der Waals surface area contributed by atoms with Crippen molar-refractivity contribution in [3.8, 4) is 11.3 Å². The van der Waals surface area contributed by atoms with Gasteiger partial charge in [-0.1, -0.05) is 31.5 Å². The number of furan rings is 1. The first-order valence-electron chi connectivity index (χ1n) is 6.96. The summed E-state index contributed by atoms with van der Waals surface area (Å²) in [5.41, 5.74) is 3.33. The number of benzene rings is 2. The summed E-state index contributed by atoms with van der Waals surface area (Å²) in [6.07, 6.45) is 2.09. The molecule has 0 aliphatic rings. The van der Waals surface area contributed by atoms with Crippen LogP contribution in [0.1, 0.15) is 25.3 Å². The third-order valence-electron chi connectivity index (χ3n) is 3.64. The Kier molecular flexibility index (Phi) is 4.01. The molecule has 0 bridgehead atoms. The molecule has 0 fully saturated rings. The zero-order chi connectivity index (χ0) is 15.0. The molecule has 0 saturated heterocycles. The zero-order valence-electron chi connectivity index (χ0n) is 12.3. The van der Waals surface area contributed by atoms with Crippen molar-refractivity contribution >= 4 is 34.3 Å². The Morgan fingerprint density at radius 3 is 2.38 bits per heavy atom. The van der Waals surface area contributed by atoms with Crippen molar-refractivity contribution in [3.63, 3.8) is 0 Å². The second-order valence-electron chi connectivity index (χ2n) is 5.38. The highest BCUT2D eigenvalue weighted by atomic mass is 35.5. The summed E-state index contributed by atoms with van der Waals surface area (Å²) in [6, 6.07) is 14.3. The first kappa shape index (κ1) is 14.6. The molecule has 0 N–H and O–H groups in total. The van der Waals surface area contributed by atoms with Gasteiger partial charge in [0, 0.05) is 16.0 Å². The van der Waals surface area contributed by atoms with Crippen molar-refractivity contribution in [1.29, 1.82) is 0 Å². The van der Waals surface area contributed by atoms with Crippen LogP contribution in [0.15, 0.2) is 51.8 Å². The van der Waals surface area contributed by atoms with E-state index in [0.29, 0.717) is 5.92 Å². The molecule has 0 spiro atoms. The molecule has 21 heavy (non-hydrogen) atoms. The smallest absolute Gasteiger partial charge is 0.148 e. The fourth-order valence-corrected chi connectivity index (χ4v) is 3.30. The molecule has 108 valence electrons. The average molecular weight is 317 g/mol. The Hall–Kier alpha value is -1.38. The second-order valence-corrected chi connectivity index (χ2v) is 6.63. The van der Waals surface area contributed by atoms with Gasteiger partial charge in [0.2, 0.25) is 0 Å². The van der Waals surface area contributed by atoms with E-state index in [1.807, 2.05) is 24.3 Å². The van der Waals surface area contributed by atoms with Crippen LogP contribution in [0, 0.1) is 0 Å². The number of fused-ring (bicyclic) bond motifs is 1. The third-order valence-corrected chi connectivity index (χ3v) is 4.71. The second kappa shape index (κ2) is 5.78. The quantitative estimate of drug-likeness (QED) is 0.505. The Balaban J connectivity index is 2.21. The summed E-state index contributed by atoms with van der Waals surface area (Å²) in [5.74, 6) is 1.44. The van der Waals surface area contributed by atoms with E-state index in [1.165, 1.54) is 15.8 Å². The van der Waals surface area contributed by atoms with E-state index in [-0.39, 0.29) is 0 Å². The van der Waals surface area contributed by atoms with E-state index >= 15 is 0 Å². The number of thioether (sulfide) groups is 1. The van der Waals surface area contributed by atoms with Crippen molar-refractivity contribution in [2.24, 2.45) is 0 Å². The highest BCUT2D eigenvalue weighted by Crippen LogP contribution is 2.40. The van der Waals surface area contributed by atoms with Gasteiger partial charge in [-0.15, -0.1) is 11.8 Å². The zero-order valence-corrected chi connectivity index (χ0v) is 13.9. The number of hydrogen-bond acceptors (Lipinski definition) is 2. The van der Waals surface area contributed by atoms with Gasteiger partial charge >= 0.3 is 0 Å². The normalized spacial score (nSPS) is 11.5. The highest BCUT2D eigenvalue weighted by molar-refractivity contribution is 7.99. The molecule has 1 nitrogen and oxygen atoms in total. The highest BCUT2D eigenvalue weighted by Gasteiger charge is 2.16. The Labute approximate surface area is 134 Å². The predicted octanol–water partition coefficient (Wildman–Crippen LogP) is 6.60. The van der Waals surface area contributed by atoms with Gasteiger partial charge in [0.25, 0.3) is 0 Å². The molecule has 0 atom stereocenters. The van der Waals surface area contributed by atoms with E-state index in [2.05, 4.69) is 38.3 Å². The number of halogens is 1. The van der Waals surface area contributed by atoms with E-state index in [4.69, 9.17) is 16.0 Å². The van der Waals surface area contributed by atoms with E-state index < -0.39 is 0 Å². The van der Waals surface area contributed by atoms with Crippen LogP contribution < -0.4 is 0 Å². The molecule has 1 aromatic heterocycles. The lowest BCUT2D eigenvalue weighted by molar-refractivity contribution is 0.624. The topological polar surface area (TPSA) is 13.1 Å². The Morgan fingerprint density at radius 2 is 1.76 bits per heavy atom. The van der Waals surface area contributed by atoms with Crippen LogP contribution in [0.2, 0.25) is 5.02 Å². The van der Waals surface area contributed by atoms with Crippen LogP contribution >= 0.6 is 23.4 Å². The fraction of sp³-hybridized carbons (Fsp3) is 0.222. The molecule has 0 unspecified atom stereocenters. The van der Waals surface area contributed by atoms with Crippen LogP contribution in [0.25, 0.3) is 22.3 Å². The number of rotatable bonds is 3. The van der Waals surface area contributed by atoms with Crippen molar-refractivity contribution in [2.75, 3.05) is 6.26 Å². The number of hydrogen-bond donors (Lipinski definition) is 0. The summed E-state index contributed by atoms with van der Waals surface area (Å²) in [5, 5.41) is 1.93. The summed E-state index contributed by atoms with van der Waals surface area (Å²) < 4.78 is 6.09. The van der Waals surface area contributed by atoms with Crippen LogP contribution in [-0.4, -0.2) is 6.26 Å². The third kappa shape index (κ3) is 2.70. The maximum atomic E-state index is 6.09. The van der Waals surface area contributed by atoms with Crippen LogP contribution in [0.4, 0.5) is 0 Å². The minimum Gasteiger partial charge on any atom is -0.455 e. The minimum atomic E-state index is 0.512. The van der Waals surface area contributed by atoms with Crippen LogP contribution in [0.3, 0.4) is 0 Å². The molecule has 0 radical (unpaired) electrons. The van der Waals surface area contributed by atoms with Gasteiger partial charge in [-0.3, -0.25) is 0 Å². The summed E-state index contributed by atoms with van der Waals surface area (Å²) >= 11 is 7.70. The van der Waals surface area contributed by atoms with Crippen molar-refractivity contribution in [3.05, 3.63) is 53.1 Å². The van der Waals surface area contributed by atoms with Crippen LogP contribution in [0.5, 0.6) is 0 Å². The standard InChI is InChI=1S/C18H17ClOS/c1-11(2)13-6-9-16-15(10-13)18(21-3)17(20-16)12-4-7-14(19)8-5-12/h4-11H,1-3H3. The molecule has 0 saturated carbocycles. The molecular formula is C18H17ClOS. The fourth-order valence-electron chi connectivity index (χ4n) is 2.45. The molecule has 0 aliphatic carbocycles. The lowest BCUT2D eigenvalue weighted by atomic mass is 10.0. The van der Waals surface area contributed by atoms with Gasteiger partial charge in [-0.05, 0) is 54.1 Å². The average Bonchev–Trinajstić information content (AvgIpc) is 2.85.